The Morgan fingerprint density at radius 3 is 2.74 bits per heavy atom. The zero-order chi connectivity index (χ0) is 24.5. The first-order chi connectivity index (χ1) is 16.7. The van der Waals surface area contributed by atoms with Crippen molar-refractivity contribution < 1.29 is 14.3 Å². The van der Waals surface area contributed by atoms with E-state index in [4.69, 9.17) is 22.3 Å². The number of fused-ring (bicyclic) bond motifs is 6. The Balaban J connectivity index is 1.37. The van der Waals surface area contributed by atoms with Crippen molar-refractivity contribution >= 4 is 41.2 Å². The highest BCUT2D eigenvalue weighted by molar-refractivity contribution is 6.32. The Morgan fingerprint density at radius 2 is 2.00 bits per heavy atom. The first-order valence-corrected chi connectivity index (χ1v) is 12.1. The second-order valence-electron chi connectivity index (χ2n) is 10.8. The number of H-pyrrole nitrogens is 1. The van der Waals surface area contributed by atoms with Gasteiger partial charge in [-0.25, -0.2) is 9.78 Å². The summed E-state index contributed by atoms with van der Waals surface area (Å²) in [6, 6.07) is 14.5. The molecule has 2 heterocycles. The van der Waals surface area contributed by atoms with Gasteiger partial charge in [0, 0.05) is 17.0 Å². The molecule has 1 saturated carbocycles. The van der Waals surface area contributed by atoms with Crippen molar-refractivity contribution in [1.82, 2.24) is 14.9 Å². The first-order valence-electron chi connectivity index (χ1n) is 12.1. The molecule has 2 unspecified atom stereocenters. The second kappa shape index (κ2) is 7.77. The third-order valence-corrected chi connectivity index (χ3v) is 6.84. The molecule has 1 amide bonds. The number of benzene rings is 3. The smallest absolute Gasteiger partial charge is 0.410 e. The number of carbonyl (C=O) groups excluding carboxylic acids is 1. The summed E-state index contributed by atoms with van der Waals surface area (Å²) in [4.78, 5) is 23.1. The maximum Gasteiger partial charge on any atom is 0.410 e. The third-order valence-electron chi connectivity index (χ3n) is 6.84. The van der Waals surface area contributed by atoms with Gasteiger partial charge in [-0.1, -0.05) is 36.7 Å². The lowest BCUT2D eigenvalue weighted by Crippen LogP contribution is -2.38. The topological polar surface area (TPSA) is 67.5 Å². The van der Waals surface area contributed by atoms with E-state index in [0.717, 1.165) is 62.0 Å². The van der Waals surface area contributed by atoms with E-state index in [1.165, 1.54) is 0 Å². The maximum atomic E-state index is 12.9. The van der Waals surface area contributed by atoms with Crippen LogP contribution >= 0.6 is 0 Å². The van der Waals surface area contributed by atoms with Crippen LogP contribution in [0.4, 0.5) is 4.79 Å². The Hall–Kier alpha value is -3.48. The predicted molar refractivity (Wildman–Crippen MR) is 138 cm³/mol. The van der Waals surface area contributed by atoms with E-state index in [9.17, 15) is 4.79 Å². The summed E-state index contributed by atoms with van der Waals surface area (Å²) >= 11 is 0. The maximum absolute atomic E-state index is 12.9. The summed E-state index contributed by atoms with van der Waals surface area (Å²) in [6.07, 6.45) is 0.692. The number of rotatable bonds is 3. The van der Waals surface area contributed by atoms with Gasteiger partial charge in [0.25, 0.3) is 0 Å². The van der Waals surface area contributed by atoms with E-state index in [1.807, 2.05) is 43.9 Å². The molecule has 2 aliphatic rings. The standard InChI is InChI=1S/C28H28BN3O3/c1-15-9-23(15)32(27(33)35-28(2,3)4)13-25-30-22-8-5-16-11-21-19-7-6-18(29)10-17(19)14-34-24(21)12-20(16)26(22)31-25/h5-8,10-12,15,23H,9,13-14H2,1-4H3,(H,30,31). The molecule has 0 bridgehead atoms. The van der Waals surface area contributed by atoms with Gasteiger partial charge in [-0.3, -0.25) is 4.90 Å². The second-order valence-corrected chi connectivity index (χ2v) is 10.8. The number of imidazole rings is 1. The monoisotopic (exact) mass is 465 g/mol. The van der Waals surface area contributed by atoms with Crippen LogP contribution in [0.3, 0.4) is 0 Å². The molecule has 6 rings (SSSR count). The van der Waals surface area contributed by atoms with Gasteiger partial charge in [0.1, 0.15) is 31.6 Å². The highest BCUT2D eigenvalue weighted by atomic mass is 16.6. The summed E-state index contributed by atoms with van der Waals surface area (Å²) in [5, 5.41) is 2.11. The molecule has 176 valence electrons. The summed E-state index contributed by atoms with van der Waals surface area (Å²) < 4.78 is 11.8. The van der Waals surface area contributed by atoms with Crippen molar-refractivity contribution in [3.05, 3.63) is 53.9 Å². The third kappa shape index (κ3) is 4.03. The molecule has 1 aromatic heterocycles. The van der Waals surface area contributed by atoms with Crippen molar-refractivity contribution in [2.24, 2.45) is 5.92 Å². The molecule has 7 heteroatoms. The van der Waals surface area contributed by atoms with E-state index < -0.39 is 5.60 Å². The number of amides is 1. The van der Waals surface area contributed by atoms with E-state index in [1.54, 1.807) is 0 Å². The summed E-state index contributed by atoms with van der Waals surface area (Å²) in [5.74, 6) is 2.06. The number of ether oxygens (including phenoxy) is 2. The summed E-state index contributed by atoms with van der Waals surface area (Å²) in [7, 11) is 5.97. The molecule has 0 spiro atoms. The molecule has 2 atom stereocenters. The molecule has 2 radical (unpaired) electrons. The summed E-state index contributed by atoms with van der Waals surface area (Å²) in [6.45, 7) is 8.71. The van der Waals surface area contributed by atoms with Crippen LogP contribution in [0.2, 0.25) is 0 Å². The lowest BCUT2D eigenvalue weighted by molar-refractivity contribution is 0.0203. The molecular formula is C28H28BN3O3. The molecule has 3 aromatic carbocycles. The van der Waals surface area contributed by atoms with Gasteiger partial charge < -0.3 is 14.5 Å². The molecule has 4 aromatic rings. The molecule has 0 saturated heterocycles. The SMILES string of the molecule is [B]c1ccc2c(c1)COc1cc3c(ccc4[nH]c(CN(C(=O)OC(C)(C)C)C5CC5C)nc43)cc1-2. The lowest BCUT2D eigenvalue weighted by Gasteiger charge is -2.27. The van der Waals surface area contributed by atoms with E-state index in [0.29, 0.717) is 19.1 Å². The van der Waals surface area contributed by atoms with Crippen molar-refractivity contribution in [1.29, 1.82) is 0 Å². The quantitative estimate of drug-likeness (QED) is 0.422. The van der Waals surface area contributed by atoms with Crippen LogP contribution in [0.25, 0.3) is 32.9 Å². The number of hydrogen-bond donors (Lipinski definition) is 1. The van der Waals surface area contributed by atoms with Crippen LogP contribution in [0.15, 0.2) is 42.5 Å². The van der Waals surface area contributed by atoms with E-state index in [2.05, 4.69) is 36.2 Å². The zero-order valence-corrected chi connectivity index (χ0v) is 20.5. The zero-order valence-electron chi connectivity index (χ0n) is 20.5. The number of nitrogens with zero attached hydrogens (tertiary/aromatic N) is 2. The van der Waals surface area contributed by atoms with Gasteiger partial charge in [-0.05, 0) is 67.8 Å². The minimum atomic E-state index is -0.541. The molecule has 35 heavy (non-hydrogen) atoms. The number of nitrogens with one attached hydrogen (secondary N) is 1. The minimum absolute atomic E-state index is 0.185. The highest BCUT2D eigenvalue weighted by Gasteiger charge is 2.42. The molecule has 6 nitrogen and oxygen atoms in total. The minimum Gasteiger partial charge on any atom is -0.488 e. The summed E-state index contributed by atoms with van der Waals surface area (Å²) in [5.41, 5.74) is 5.31. The van der Waals surface area contributed by atoms with Crippen LogP contribution < -0.4 is 10.2 Å². The van der Waals surface area contributed by atoms with E-state index >= 15 is 0 Å². The Morgan fingerprint density at radius 1 is 1.20 bits per heavy atom. The van der Waals surface area contributed by atoms with Crippen LogP contribution in [0.1, 0.15) is 45.5 Å². The molecule has 1 fully saturated rings. The largest absolute Gasteiger partial charge is 0.488 e. The van der Waals surface area contributed by atoms with Gasteiger partial charge in [-0.2, -0.15) is 0 Å². The van der Waals surface area contributed by atoms with Crippen LogP contribution in [-0.2, 0) is 17.9 Å². The molecule has 1 aliphatic carbocycles. The van der Waals surface area contributed by atoms with Crippen molar-refractivity contribution in [3.8, 4) is 16.9 Å². The number of aromatic amines is 1. The van der Waals surface area contributed by atoms with Gasteiger partial charge in [0.05, 0.1) is 17.6 Å². The molecule has 1 aliphatic heterocycles. The number of carbonyl (C=O) groups is 1. The fraction of sp³-hybridized carbons (Fsp3) is 0.357. The van der Waals surface area contributed by atoms with Gasteiger partial charge >= 0.3 is 6.09 Å². The first kappa shape index (κ1) is 22.0. The number of hydrogen-bond acceptors (Lipinski definition) is 4. The molecule has 1 N–H and O–H groups in total. The van der Waals surface area contributed by atoms with Gasteiger partial charge in [0.15, 0.2) is 0 Å². The van der Waals surface area contributed by atoms with E-state index in [-0.39, 0.29) is 12.1 Å². The Kier molecular flexibility index (Phi) is 4.89. The fourth-order valence-electron chi connectivity index (χ4n) is 4.97. The van der Waals surface area contributed by atoms with Crippen LogP contribution in [-0.4, -0.2) is 40.5 Å². The van der Waals surface area contributed by atoms with Crippen molar-refractivity contribution in [2.45, 2.75) is 58.9 Å². The number of aromatic nitrogens is 2. The average Bonchev–Trinajstić information content (AvgIpc) is 3.35. The predicted octanol–water partition coefficient (Wildman–Crippen LogP) is 5.21. The normalized spacial score (nSPS) is 18.6. The van der Waals surface area contributed by atoms with Crippen LogP contribution in [0, 0.1) is 5.92 Å². The van der Waals surface area contributed by atoms with Gasteiger partial charge in [-0.15, -0.1) is 0 Å². The highest BCUT2D eigenvalue weighted by Crippen LogP contribution is 2.41. The van der Waals surface area contributed by atoms with Gasteiger partial charge in [0.2, 0.25) is 0 Å². The fourth-order valence-corrected chi connectivity index (χ4v) is 4.97. The molecular weight excluding hydrogens is 437 g/mol. The van der Waals surface area contributed by atoms with Crippen molar-refractivity contribution in [3.63, 3.8) is 0 Å². The average molecular weight is 465 g/mol. The lowest BCUT2D eigenvalue weighted by atomic mass is 9.88. The van der Waals surface area contributed by atoms with Crippen molar-refractivity contribution in [2.75, 3.05) is 0 Å². The Bertz CT molecular complexity index is 1490. The van der Waals surface area contributed by atoms with Crippen LogP contribution in [0.5, 0.6) is 5.75 Å². The Labute approximate surface area is 206 Å².